The zero-order valence-corrected chi connectivity index (χ0v) is 23.3. The minimum absolute atomic E-state index is 0.00491. The normalized spacial score (nSPS) is 24.5. The first-order valence-electron chi connectivity index (χ1n) is 14.0. The molecule has 1 aliphatic heterocycles. The number of rotatable bonds is 8. The molecule has 2 saturated carbocycles. The molecule has 1 aromatic carbocycles. The lowest BCUT2D eigenvalue weighted by atomic mass is 10.0. The van der Waals surface area contributed by atoms with E-state index in [1.807, 2.05) is 26.0 Å². The Balaban J connectivity index is 1.29. The minimum atomic E-state index is -0.466. The van der Waals surface area contributed by atoms with Gasteiger partial charge in [0.25, 0.3) is 0 Å². The number of hydrogen-bond acceptors (Lipinski definition) is 6. The molecule has 0 spiro atoms. The number of nitrogens with one attached hydrogen (secondary N) is 1. The van der Waals surface area contributed by atoms with Crippen molar-refractivity contribution < 1.29 is 14.4 Å². The standard InChI is InChI=1S/C30H36N6O3/c1-16-8-21(22-13-31-19(4)32-14-22)10-23-27(18(3)37)34-35(28(16)23)15-26(38)36-24(11-30(5)12-25(30)36)29(39)33-17(2)9-20-6-7-20/h8,10,13-14,17,20,24-25H,6-7,9,11-12,15H2,1-5H3,(H,33,39)/t17-,24+,25?,30+/m1/s1. The summed E-state index contributed by atoms with van der Waals surface area (Å²) in [5.74, 6) is 1.05. The highest BCUT2D eigenvalue weighted by Gasteiger charge is 2.64. The Morgan fingerprint density at radius 1 is 1.10 bits per heavy atom. The van der Waals surface area contributed by atoms with Crippen LogP contribution < -0.4 is 5.32 Å². The van der Waals surface area contributed by atoms with E-state index in [4.69, 9.17) is 0 Å². The van der Waals surface area contributed by atoms with Gasteiger partial charge in [-0.05, 0) is 74.6 Å². The van der Waals surface area contributed by atoms with E-state index in [1.54, 1.807) is 22.0 Å². The molecule has 9 nitrogen and oxygen atoms in total. The van der Waals surface area contributed by atoms with Gasteiger partial charge in [-0.1, -0.05) is 19.8 Å². The molecule has 1 saturated heterocycles. The molecule has 2 aliphatic carbocycles. The summed E-state index contributed by atoms with van der Waals surface area (Å²) in [7, 11) is 0. The number of amides is 2. The van der Waals surface area contributed by atoms with Crippen molar-refractivity contribution in [2.45, 2.75) is 91.4 Å². The highest BCUT2D eigenvalue weighted by molar-refractivity contribution is 6.07. The number of aryl methyl sites for hydroxylation is 2. The first kappa shape index (κ1) is 25.6. The smallest absolute Gasteiger partial charge is 0.245 e. The maximum atomic E-state index is 13.8. The van der Waals surface area contributed by atoms with Gasteiger partial charge in [0.2, 0.25) is 11.8 Å². The number of Topliss-reactive ketones (excluding diaryl/α,β-unsaturated/α-hetero) is 1. The molecule has 9 heteroatoms. The quantitative estimate of drug-likeness (QED) is 0.443. The summed E-state index contributed by atoms with van der Waals surface area (Å²) in [5, 5.41) is 8.49. The van der Waals surface area contributed by atoms with Crippen LogP contribution in [0.4, 0.5) is 0 Å². The SMILES string of the molecule is CC(=O)c1nn(CC(=O)N2C3C[C@]3(C)C[C@H]2C(=O)N[C@H](C)CC2CC2)c2c(C)cc(-c3cnc(C)nc3)cc12. The molecule has 3 aromatic rings. The van der Waals surface area contributed by atoms with Crippen LogP contribution in [0.1, 0.15) is 74.8 Å². The van der Waals surface area contributed by atoms with Gasteiger partial charge >= 0.3 is 0 Å². The predicted octanol–water partition coefficient (Wildman–Crippen LogP) is 4.00. The van der Waals surface area contributed by atoms with Gasteiger partial charge in [-0.2, -0.15) is 5.10 Å². The van der Waals surface area contributed by atoms with Crippen LogP contribution >= 0.6 is 0 Å². The first-order valence-corrected chi connectivity index (χ1v) is 14.0. The summed E-state index contributed by atoms with van der Waals surface area (Å²) < 4.78 is 1.64. The van der Waals surface area contributed by atoms with Crippen LogP contribution in [0.25, 0.3) is 22.0 Å². The van der Waals surface area contributed by atoms with Crippen molar-refractivity contribution in [3.8, 4) is 11.1 Å². The molecule has 2 aromatic heterocycles. The van der Waals surface area contributed by atoms with Gasteiger partial charge in [-0.25, -0.2) is 9.97 Å². The number of piperidine rings is 1. The maximum Gasteiger partial charge on any atom is 0.245 e. The maximum absolute atomic E-state index is 13.8. The summed E-state index contributed by atoms with van der Waals surface area (Å²) in [6, 6.07) is 3.64. The molecule has 3 fully saturated rings. The van der Waals surface area contributed by atoms with Gasteiger partial charge in [-0.15, -0.1) is 0 Å². The first-order chi connectivity index (χ1) is 18.5. The van der Waals surface area contributed by atoms with Crippen molar-refractivity contribution in [3.63, 3.8) is 0 Å². The molecule has 4 atom stereocenters. The number of nitrogens with zero attached hydrogens (tertiary/aromatic N) is 5. The van der Waals surface area contributed by atoms with Crippen LogP contribution in [0.3, 0.4) is 0 Å². The largest absolute Gasteiger partial charge is 0.352 e. The highest BCUT2D eigenvalue weighted by atomic mass is 16.2. The number of carbonyl (C=O) groups is 3. The summed E-state index contributed by atoms with van der Waals surface area (Å²) in [6.45, 7) is 9.48. The van der Waals surface area contributed by atoms with E-state index in [1.165, 1.54) is 19.8 Å². The summed E-state index contributed by atoms with van der Waals surface area (Å²) >= 11 is 0. The molecule has 1 N–H and O–H groups in total. The van der Waals surface area contributed by atoms with Crippen molar-refractivity contribution >= 4 is 28.5 Å². The summed E-state index contributed by atoms with van der Waals surface area (Å²) in [4.78, 5) is 50.1. The lowest BCUT2D eigenvalue weighted by Gasteiger charge is -2.28. The molecule has 2 amide bonds. The van der Waals surface area contributed by atoms with Crippen LogP contribution in [-0.2, 0) is 16.1 Å². The van der Waals surface area contributed by atoms with E-state index in [0.29, 0.717) is 23.3 Å². The van der Waals surface area contributed by atoms with Gasteiger partial charge < -0.3 is 10.2 Å². The van der Waals surface area contributed by atoms with Crippen molar-refractivity contribution in [3.05, 3.63) is 41.6 Å². The second-order valence-corrected chi connectivity index (χ2v) is 12.3. The van der Waals surface area contributed by atoms with Crippen LogP contribution in [0, 0.1) is 25.2 Å². The molecular weight excluding hydrogens is 492 g/mol. The Kier molecular flexibility index (Phi) is 6.08. The summed E-state index contributed by atoms with van der Waals surface area (Å²) in [5.41, 5.74) is 3.71. The van der Waals surface area contributed by atoms with Gasteiger partial charge in [0.15, 0.2) is 5.78 Å². The number of carbonyl (C=O) groups excluding carboxylic acids is 3. The Labute approximate surface area is 228 Å². The van der Waals surface area contributed by atoms with Crippen molar-refractivity contribution in [1.82, 2.24) is 30.0 Å². The number of fused-ring (bicyclic) bond motifs is 2. The minimum Gasteiger partial charge on any atom is -0.352 e. The van der Waals surface area contributed by atoms with Crippen molar-refractivity contribution in [1.29, 1.82) is 0 Å². The van der Waals surface area contributed by atoms with Crippen molar-refractivity contribution in [2.24, 2.45) is 11.3 Å². The zero-order valence-electron chi connectivity index (χ0n) is 23.3. The van der Waals surface area contributed by atoms with Crippen LogP contribution in [0.15, 0.2) is 24.5 Å². The Bertz CT molecular complexity index is 1490. The second kappa shape index (κ2) is 9.24. The van der Waals surface area contributed by atoms with Crippen LogP contribution in [0.5, 0.6) is 0 Å². The second-order valence-electron chi connectivity index (χ2n) is 12.3. The molecule has 3 heterocycles. The third-order valence-corrected chi connectivity index (χ3v) is 8.77. The fraction of sp³-hybridized carbons (Fsp3) is 0.533. The highest BCUT2D eigenvalue weighted by Crippen LogP contribution is 2.59. The lowest BCUT2D eigenvalue weighted by Crippen LogP contribution is -2.50. The predicted molar refractivity (Wildman–Crippen MR) is 147 cm³/mol. The van der Waals surface area contributed by atoms with Gasteiger partial charge in [-0.3, -0.25) is 19.1 Å². The third-order valence-electron chi connectivity index (χ3n) is 8.77. The molecule has 3 aliphatic rings. The Hall–Kier alpha value is -3.62. The van der Waals surface area contributed by atoms with Gasteiger partial charge in [0.05, 0.1) is 5.52 Å². The monoisotopic (exact) mass is 528 g/mol. The fourth-order valence-corrected chi connectivity index (χ4v) is 6.43. The van der Waals surface area contributed by atoms with E-state index in [0.717, 1.165) is 41.0 Å². The molecule has 1 unspecified atom stereocenters. The topological polar surface area (TPSA) is 110 Å². The number of likely N-dealkylation sites (tertiary alicyclic amines) is 1. The van der Waals surface area contributed by atoms with Crippen LogP contribution in [-0.4, -0.2) is 60.4 Å². The lowest BCUT2D eigenvalue weighted by molar-refractivity contribution is -0.140. The molecule has 204 valence electrons. The summed E-state index contributed by atoms with van der Waals surface area (Å²) in [6.07, 6.45) is 8.62. The molecular formula is C30H36N6O3. The van der Waals surface area contributed by atoms with E-state index >= 15 is 0 Å². The number of aromatic nitrogens is 4. The fourth-order valence-electron chi connectivity index (χ4n) is 6.43. The van der Waals surface area contributed by atoms with Gasteiger partial charge in [0.1, 0.15) is 24.1 Å². The molecule has 6 rings (SSSR count). The number of ketones is 1. The van der Waals surface area contributed by atoms with E-state index in [-0.39, 0.29) is 41.6 Å². The Morgan fingerprint density at radius 3 is 2.49 bits per heavy atom. The average molecular weight is 529 g/mol. The Morgan fingerprint density at radius 2 is 1.82 bits per heavy atom. The zero-order chi connectivity index (χ0) is 27.6. The molecule has 39 heavy (non-hydrogen) atoms. The number of hydrogen-bond donors (Lipinski definition) is 1. The average Bonchev–Trinajstić information content (AvgIpc) is 3.74. The van der Waals surface area contributed by atoms with E-state index in [2.05, 4.69) is 34.2 Å². The molecule has 0 bridgehead atoms. The van der Waals surface area contributed by atoms with Crippen molar-refractivity contribution in [2.75, 3.05) is 0 Å². The van der Waals surface area contributed by atoms with Gasteiger partial charge in [0, 0.05) is 42.4 Å². The van der Waals surface area contributed by atoms with E-state index in [9.17, 15) is 14.4 Å². The van der Waals surface area contributed by atoms with Crippen LogP contribution in [0.2, 0.25) is 0 Å². The van der Waals surface area contributed by atoms with E-state index < -0.39 is 6.04 Å². The number of benzene rings is 1. The third kappa shape index (κ3) is 4.72. The molecule has 0 radical (unpaired) electrons.